The first-order chi connectivity index (χ1) is 16.7. The molecule has 2 fully saturated rings. The van der Waals surface area contributed by atoms with Crippen molar-refractivity contribution in [1.29, 1.82) is 0 Å². The van der Waals surface area contributed by atoms with Crippen LogP contribution in [0.15, 0.2) is 72.9 Å². The average Bonchev–Trinajstić information content (AvgIpc) is 2.84. The molecule has 2 aliphatic heterocycles. The Kier molecular flexibility index (Phi) is 6.75. The SMILES string of the molecule is Cc1ccccc1-c1ccc([C@@H]2[C@H](CO)N3CCCCN(C(=O)Cc4ccccn4)C[C@@H]23)cc1. The maximum absolute atomic E-state index is 13.2. The van der Waals surface area contributed by atoms with Crippen LogP contribution in [0.1, 0.15) is 35.6 Å². The van der Waals surface area contributed by atoms with Crippen LogP contribution in [0.4, 0.5) is 0 Å². The van der Waals surface area contributed by atoms with Crippen molar-refractivity contribution in [2.24, 2.45) is 0 Å². The van der Waals surface area contributed by atoms with Crippen molar-refractivity contribution in [2.45, 2.75) is 44.2 Å². The Morgan fingerprint density at radius 2 is 1.76 bits per heavy atom. The zero-order chi connectivity index (χ0) is 23.5. The highest BCUT2D eigenvalue weighted by molar-refractivity contribution is 5.78. The van der Waals surface area contributed by atoms with Crippen LogP contribution < -0.4 is 0 Å². The van der Waals surface area contributed by atoms with Crippen LogP contribution in [0, 0.1) is 6.92 Å². The third-order valence-electron chi connectivity index (χ3n) is 7.53. The first-order valence-electron chi connectivity index (χ1n) is 12.4. The fraction of sp³-hybridized carbons (Fsp3) is 0.379. The van der Waals surface area contributed by atoms with E-state index in [2.05, 4.69) is 65.3 Å². The third-order valence-corrected chi connectivity index (χ3v) is 7.53. The smallest absolute Gasteiger partial charge is 0.228 e. The van der Waals surface area contributed by atoms with Crippen molar-refractivity contribution in [1.82, 2.24) is 14.8 Å². The molecule has 34 heavy (non-hydrogen) atoms. The summed E-state index contributed by atoms with van der Waals surface area (Å²) in [5.41, 5.74) is 5.79. The predicted octanol–water partition coefficient (Wildman–Crippen LogP) is 4.05. The molecule has 3 atom stereocenters. The lowest BCUT2D eigenvalue weighted by Crippen LogP contribution is -2.68. The van der Waals surface area contributed by atoms with Gasteiger partial charge in [0.05, 0.1) is 13.0 Å². The van der Waals surface area contributed by atoms with Crippen LogP contribution in [-0.2, 0) is 11.2 Å². The number of aryl methyl sites for hydroxylation is 1. The Morgan fingerprint density at radius 3 is 2.50 bits per heavy atom. The van der Waals surface area contributed by atoms with Gasteiger partial charge in [-0.15, -0.1) is 0 Å². The highest BCUT2D eigenvalue weighted by Crippen LogP contribution is 2.42. The Morgan fingerprint density at radius 1 is 1.00 bits per heavy atom. The van der Waals surface area contributed by atoms with Gasteiger partial charge in [0.1, 0.15) is 0 Å². The molecular formula is C29H33N3O2. The number of rotatable bonds is 5. The molecule has 2 aliphatic rings. The number of hydrogen-bond acceptors (Lipinski definition) is 4. The van der Waals surface area contributed by atoms with Crippen molar-refractivity contribution in [3.8, 4) is 11.1 Å². The molecule has 0 saturated carbocycles. The van der Waals surface area contributed by atoms with Crippen molar-refractivity contribution in [3.05, 3.63) is 89.7 Å². The van der Waals surface area contributed by atoms with E-state index in [0.29, 0.717) is 13.0 Å². The average molecular weight is 456 g/mol. The third kappa shape index (κ3) is 4.50. The number of carbonyl (C=O) groups excluding carboxylic acids is 1. The van der Waals surface area contributed by atoms with Crippen LogP contribution in [0.3, 0.4) is 0 Å². The van der Waals surface area contributed by atoms with Gasteiger partial charge < -0.3 is 10.0 Å². The minimum absolute atomic E-state index is 0.111. The molecule has 5 heteroatoms. The fourth-order valence-electron chi connectivity index (χ4n) is 5.72. The molecule has 1 amide bonds. The van der Waals surface area contributed by atoms with Crippen LogP contribution in [0.2, 0.25) is 0 Å². The number of aromatic nitrogens is 1. The normalized spacial score (nSPS) is 22.9. The molecule has 0 unspecified atom stereocenters. The first-order valence-corrected chi connectivity index (χ1v) is 12.4. The Labute approximate surface area is 202 Å². The van der Waals surface area contributed by atoms with Crippen molar-refractivity contribution in [3.63, 3.8) is 0 Å². The summed E-state index contributed by atoms with van der Waals surface area (Å²) in [4.78, 5) is 21.9. The second-order valence-electron chi connectivity index (χ2n) is 9.56. The molecule has 5 nitrogen and oxygen atoms in total. The van der Waals surface area contributed by atoms with Gasteiger partial charge >= 0.3 is 0 Å². The summed E-state index contributed by atoms with van der Waals surface area (Å²) in [6.07, 6.45) is 4.11. The van der Waals surface area contributed by atoms with E-state index in [1.54, 1.807) is 6.20 Å². The molecule has 2 saturated heterocycles. The number of amides is 1. The quantitative estimate of drug-likeness (QED) is 0.631. The van der Waals surface area contributed by atoms with Crippen LogP contribution >= 0.6 is 0 Å². The summed E-state index contributed by atoms with van der Waals surface area (Å²) < 4.78 is 0. The van der Waals surface area contributed by atoms with Crippen LogP contribution in [0.5, 0.6) is 0 Å². The van der Waals surface area contributed by atoms with E-state index in [9.17, 15) is 9.90 Å². The largest absolute Gasteiger partial charge is 0.395 e. The van der Waals surface area contributed by atoms with Gasteiger partial charge in [-0.25, -0.2) is 0 Å². The van der Waals surface area contributed by atoms with E-state index >= 15 is 0 Å². The van der Waals surface area contributed by atoms with Gasteiger partial charge in [-0.05, 0) is 60.7 Å². The molecule has 0 spiro atoms. The molecule has 0 aliphatic carbocycles. The Balaban J connectivity index is 1.36. The van der Waals surface area contributed by atoms with E-state index in [1.165, 1.54) is 22.3 Å². The summed E-state index contributed by atoms with van der Waals surface area (Å²) in [5, 5.41) is 10.2. The number of fused-ring (bicyclic) bond motifs is 1. The lowest BCUT2D eigenvalue weighted by molar-refractivity contribution is -0.135. The van der Waals surface area contributed by atoms with Crippen molar-refractivity contribution >= 4 is 5.91 Å². The Bertz CT molecular complexity index is 1120. The number of benzene rings is 2. The number of carbonyl (C=O) groups is 1. The number of pyridine rings is 1. The second-order valence-corrected chi connectivity index (χ2v) is 9.56. The second kappa shape index (κ2) is 10.1. The van der Waals surface area contributed by atoms with E-state index in [0.717, 1.165) is 31.6 Å². The summed E-state index contributed by atoms with van der Waals surface area (Å²) in [7, 11) is 0. The van der Waals surface area contributed by atoms with Gasteiger partial charge in [0, 0.05) is 43.0 Å². The zero-order valence-corrected chi connectivity index (χ0v) is 19.8. The minimum atomic E-state index is 0.111. The number of nitrogens with zero attached hydrogens (tertiary/aromatic N) is 3. The van der Waals surface area contributed by atoms with Gasteiger partial charge in [-0.1, -0.05) is 54.6 Å². The molecule has 0 bridgehead atoms. The summed E-state index contributed by atoms with van der Waals surface area (Å²) >= 11 is 0. The molecule has 0 radical (unpaired) electrons. The lowest BCUT2D eigenvalue weighted by Gasteiger charge is -2.57. The fourth-order valence-corrected chi connectivity index (χ4v) is 5.72. The number of hydrogen-bond donors (Lipinski definition) is 1. The van der Waals surface area contributed by atoms with Crippen molar-refractivity contribution < 1.29 is 9.90 Å². The molecule has 2 aromatic carbocycles. The molecule has 3 aromatic rings. The molecule has 3 heterocycles. The Hall–Kier alpha value is -3.02. The van der Waals surface area contributed by atoms with E-state index in [-0.39, 0.29) is 30.5 Å². The topological polar surface area (TPSA) is 56.7 Å². The van der Waals surface area contributed by atoms with Gasteiger partial charge in [-0.2, -0.15) is 0 Å². The number of aliphatic hydroxyl groups is 1. The zero-order valence-electron chi connectivity index (χ0n) is 19.8. The minimum Gasteiger partial charge on any atom is -0.395 e. The van der Waals surface area contributed by atoms with Gasteiger partial charge in [0.25, 0.3) is 0 Å². The molecule has 1 N–H and O–H groups in total. The maximum Gasteiger partial charge on any atom is 0.228 e. The van der Waals surface area contributed by atoms with Gasteiger partial charge in [-0.3, -0.25) is 14.7 Å². The molecule has 5 rings (SSSR count). The van der Waals surface area contributed by atoms with E-state index < -0.39 is 0 Å². The molecule has 1 aromatic heterocycles. The predicted molar refractivity (Wildman–Crippen MR) is 134 cm³/mol. The monoisotopic (exact) mass is 455 g/mol. The van der Waals surface area contributed by atoms with Crippen LogP contribution in [-0.4, -0.2) is 64.1 Å². The van der Waals surface area contributed by atoms with E-state index in [1.807, 2.05) is 23.1 Å². The summed E-state index contributed by atoms with van der Waals surface area (Å²) in [5.74, 6) is 0.362. The van der Waals surface area contributed by atoms with Gasteiger partial charge in [0.15, 0.2) is 0 Å². The highest BCUT2D eigenvalue weighted by Gasteiger charge is 2.49. The summed E-state index contributed by atoms with van der Waals surface area (Å²) in [6.45, 7) is 4.75. The lowest BCUT2D eigenvalue weighted by atomic mass is 9.74. The summed E-state index contributed by atoms with van der Waals surface area (Å²) in [6, 6.07) is 23.3. The standard InChI is InChI=1S/C29H33N3O2/c1-21-8-2-3-10-25(21)22-11-13-23(14-12-22)29-26-19-31(16-6-7-17-32(26)27(29)20-33)28(34)18-24-9-4-5-15-30-24/h2-5,8-15,26-27,29,33H,6-7,16-20H2,1H3/t26-,27-,29-/m0/s1. The molecular weight excluding hydrogens is 422 g/mol. The molecule has 176 valence electrons. The number of aliphatic hydroxyl groups excluding tert-OH is 1. The maximum atomic E-state index is 13.2. The van der Waals surface area contributed by atoms with Crippen molar-refractivity contribution in [2.75, 3.05) is 26.2 Å². The van der Waals surface area contributed by atoms with Crippen LogP contribution in [0.25, 0.3) is 11.1 Å². The van der Waals surface area contributed by atoms with E-state index in [4.69, 9.17) is 0 Å². The highest BCUT2D eigenvalue weighted by atomic mass is 16.3. The van der Waals surface area contributed by atoms with Gasteiger partial charge in [0.2, 0.25) is 5.91 Å². The first kappa shape index (κ1) is 22.8.